The van der Waals surface area contributed by atoms with Crippen LogP contribution in [0.4, 0.5) is 0 Å². The monoisotopic (exact) mass is 260 g/mol. The van der Waals surface area contributed by atoms with Crippen LogP contribution in [0.2, 0.25) is 0 Å². The number of halogens is 3. The van der Waals surface area contributed by atoms with Crippen LogP contribution in [-0.4, -0.2) is 46.3 Å². The lowest BCUT2D eigenvalue weighted by Gasteiger charge is -1.68. The molecule has 0 radical (unpaired) electrons. The van der Waals surface area contributed by atoms with Gasteiger partial charge in [0.05, 0.1) is 0 Å². The molecule has 0 aromatic rings. The molecule has 0 aromatic carbocycles. The molecule has 0 saturated heterocycles. The van der Waals surface area contributed by atoms with Crippen molar-refractivity contribution in [1.82, 2.24) is 0 Å². The van der Waals surface area contributed by atoms with Crippen LogP contribution in [0, 0.1) is 0 Å². The third kappa shape index (κ3) is 233. The lowest BCUT2D eigenvalue weighted by atomic mass is 15.8. The third-order valence-electron chi connectivity index (χ3n) is 0. The van der Waals surface area contributed by atoms with Gasteiger partial charge in [0, 0.05) is 0 Å². The van der Waals surface area contributed by atoms with E-state index in [2.05, 4.69) is 0 Å². The zero-order chi connectivity index (χ0) is 8.08. The SMILES string of the molecule is O=S(=O)(O)O.[AlH3].[Cl][Al]([Cl])[Cl]. The Bertz CT molecular complexity index is 130. The Hall–Kier alpha value is 1.80. The first-order valence-corrected chi connectivity index (χ1v) is 7.99. The first-order valence-electron chi connectivity index (χ1n) is 1.35. The molecule has 0 aliphatic heterocycles. The molecule has 0 fully saturated rings. The van der Waals surface area contributed by atoms with Crippen molar-refractivity contribution in [2.45, 2.75) is 0 Å². The second-order valence-corrected chi connectivity index (χ2v) is 8.02. The zero-order valence-corrected chi connectivity index (χ0v) is 8.07. The molecule has 0 aliphatic rings. The van der Waals surface area contributed by atoms with Gasteiger partial charge in [-0.25, -0.2) is 30.1 Å². The maximum atomic E-state index is 8.74. The van der Waals surface area contributed by atoms with Crippen molar-refractivity contribution < 1.29 is 17.5 Å². The summed E-state index contributed by atoms with van der Waals surface area (Å²) in [4.78, 5) is 0. The largest absolute Gasteiger partial charge is 0.643 e. The number of hydrogen-bond acceptors (Lipinski definition) is 2. The molecule has 0 rings (SSSR count). The van der Waals surface area contributed by atoms with Gasteiger partial charge in [0.1, 0.15) is 0 Å². The molecule has 4 nitrogen and oxygen atoms in total. The topological polar surface area (TPSA) is 74.6 Å². The van der Waals surface area contributed by atoms with E-state index in [-0.39, 0.29) is 17.4 Å². The predicted octanol–water partition coefficient (Wildman–Crippen LogP) is -0.149. The van der Waals surface area contributed by atoms with Gasteiger partial charge in [0.2, 0.25) is 0 Å². The van der Waals surface area contributed by atoms with Crippen LogP contribution in [0.1, 0.15) is 0 Å². The van der Waals surface area contributed by atoms with Crippen LogP contribution in [0.15, 0.2) is 0 Å². The molecule has 0 saturated carbocycles. The van der Waals surface area contributed by atoms with Crippen molar-refractivity contribution in [3.05, 3.63) is 0 Å². The highest BCUT2D eigenvalue weighted by molar-refractivity contribution is 7.79. The Morgan fingerprint density at radius 2 is 1.10 bits per heavy atom. The summed E-state index contributed by atoms with van der Waals surface area (Å²) in [5.41, 5.74) is 0. The van der Waals surface area contributed by atoms with Gasteiger partial charge >= 0.3 is 21.8 Å². The second kappa shape index (κ2) is 8.90. The second-order valence-electron chi connectivity index (χ2n) is 0.695. The van der Waals surface area contributed by atoms with Crippen LogP contribution in [0.25, 0.3) is 0 Å². The van der Waals surface area contributed by atoms with E-state index in [4.69, 9.17) is 47.7 Å². The third-order valence-corrected chi connectivity index (χ3v) is 0. The van der Waals surface area contributed by atoms with Crippen LogP contribution >= 0.6 is 30.1 Å². The molecule has 10 heavy (non-hydrogen) atoms. The molecule has 0 aliphatic carbocycles. The van der Waals surface area contributed by atoms with Gasteiger partial charge in [0.15, 0.2) is 17.4 Å². The van der Waals surface area contributed by atoms with Crippen molar-refractivity contribution in [2.75, 3.05) is 0 Å². The molecule has 10 heteroatoms. The highest BCUT2D eigenvalue weighted by Gasteiger charge is 2.00. The predicted molar refractivity (Wildman–Crippen MR) is 47.4 cm³/mol. The van der Waals surface area contributed by atoms with E-state index in [0.29, 0.717) is 0 Å². The van der Waals surface area contributed by atoms with Gasteiger partial charge in [-0.05, 0) is 0 Å². The molecule has 0 atom stereocenters. The van der Waals surface area contributed by atoms with Crippen LogP contribution in [0.5, 0.6) is 0 Å². The maximum Gasteiger partial charge on any atom is 0.643 e. The molecule has 0 aromatic heterocycles. The van der Waals surface area contributed by atoms with Crippen molar-refractivity contribution >= 4 is 69.3 Å². The van der Waals surface area contributed by atoms with Crippen LogP contribution in [0.3, 0.4) is 0 Å². The molecule has 2 N–H and O–H groups in total. The van der Waals surface area contributed by atoms with Crippen molar-refractivity contribution in [2.24, 2.45) is 0 Å². The minimum atomic E-state index is -4.67. The smallest absolute Gasteiger partial charge is 0.264 e. The summed E-state index contributed by atoms with van der Waals surface area (Å²) in [6, 6.07) is 0. The van der Waals surface area contributed by atoms with Gasteiger partial charge in [-0.15, -0.1) is 0 Å². The van der Waals surface area contributed by atoms with Gasteiger partial charge in [-0.1, -0.05) is 0 Å². The summed E-state index contributed by atoms with van der Waals surface area (Å²) >= 11 is -1.72. The fourth-order valence-electron chi connectivity index (χ4n) is 0. The average Bonchev–Trinajstić information content (AvgIpc) is 1.19. The summed E-state index contributed by atoms with van der Waals surface area (Å²) in [5, 5.41) is 0. The Kier molecular flexibility index (Phi) is 15.8. The Balaban J connectivity index is -0.0000000910. The Morgan fingerprint density at radius 1 is 1.10 bits per heavy atom. The quantitative estimate of drug-likeness (QED) is 0.470. The zero-order valence-electron chi connectivity index (χ0n) is 3.83. The lowest BCUT2D eigenvalue weighted by molar-refractivity contribution is 0.381. The highest BCUT2D eigenvalue weighted by Crippen LogP contribution is 1.97. The Labute approximate surface area is 86.2 Å². The fraction of sp³-hybridized carbons (Fsp3) is 0. The highest BCUT2D eigenvalue weighted by atomic mass is 35.8. The molecule has 0 spiro atoms. The van der Waals surface area contributed by atoms with E-state index in [1.807, 2.05) is 0 Å². The molecular formula is H5Al2Cl3O4S. The van der Waals surface area contributed by atoms with E-state index in [9.17, 15) is 0 Å². The van der Waals surface area contributed by atoms with E-state index >= 15 is 0 Å². The maximum absolute atomic E-state index is 8.74. The van der Waals surface area contributed by atoms with Gasteiger partial charge in [-0.3, -0.25) is 9.11 Å². The fourth-order valence-corrected chi connectivity index (χ4v) is 0. The van der Waals surface area contributed by atoms with Crippen LogP contribution in [-0.2, 0) is 10.4 Å². The molecule has 0 unspecified atom stereocenters. The van der Waals surface area contributed by atoms with E-state index in [0.717, 1.165) is 0 Å². The summed E-state index contributed by atoms with van der Waals surface area (Å²) < 4.78 is 31.6. The van der Waals surface area contributed by atoms with Crippen molar-refractivity contribution in [3.63, 3.8) is 0 Å². The average molecular weight is 261 g/mol. The van der Waals surface area contributed by atoms with Crippen molar-refractivity contribution in [1.29, 1.82) is 0 Å². The van der Waals surface area contributed by atoms with Gasteiger partial charge in [-0.2, -0.15) is 8.42 Å². The number of hydrogen-bond donors (Lipinski definition) is 2. The summed E-state index contributed by atoms with van der Waals surface area (Å²) in [6.45, 7) is 0. The minimum Gasteiger partial charge on any atom is -0.264 e. The van der Waals surface area contributed by atoms with E-state index < -0.39 is 21.8 Å². The summed E-state index contributed by atoms with van der Waals surface area (Å²) in [5.74, 6) is 0. The standard InChI is InChI=1S/2Al.3ClH.H2O4S.3H/c;;;;;1-5(2,3)4;;;/h;;3*1H;(H2,1,2,3,4);;;/q;+3;;;;;;;/p-3. The van der Waals surface area contributed by atoms with Gasteiger partial charge < -0.3 is 0 Å². The number of rotatable bonds is 0. The Morgan fingerprint density at radius 3 is 1.10 bits per heavy atom. The van der Waals surface area contributed by atoms with Crippen molar-refractivity contribution in [3.8, 4) is 0 Å². The normalized spacial score (nSPS) is 8.50. The van der Waals surface area contributed by atoms with Gasteiger partial charge in [0.25, 0.3) is 0 Å². The molecule has 0 bridgehead atoms. The van der Waals surface area contributed by atoms with E-state index in [1.165, 1.54) is 0 Å². The first-order chi connectivity index (χ1) is 3.73. The molecule has 0 amide bonds. The minimum absolute atomic E-state index is 0. The molecule has 62 valence electrons. The van der Waals surface area contributed by atoms with Crippen LogP contribution < -0.4 is 0 Å². The summed E-state index contributed by atoms with van der Waals surface area (Å²) in [6.07, 6.45) is 0. The first kappa shape index (κ1) is 17.8. The van der Waals surface area contributed by atoms with E-state index in [1.54, 1.807) is 0 Å². The summed E-state index contributed by atoms with van der Waals surface area (Å²) in [7, 11) is 10.2. The molecular weight excluding hydrogens is 256 g/mol. The molecule has 0 heterocycles. The lowest BCUT2D eigenvalue weighted by Crippen LogP contribution is -1.89.